The number of benzene rings is 1. The van der Waals surface area contributed by atoms with Gasteiger partial charge in [-0.25, -0.2) is 4.79 Å². The van der Waals surface area contributed by atoms with Gasteiger partial charge in [-0.05, 0) is 52.0 Å². The standard InChI is InChI=1S/C15H24N2O3/c1-11(10-16-14(18)20-15(2,3)4)17-12-6-8-13(19-5)9-7-12/h6-9,11,17H,10H2,1-5H3,(H,16,18)/t11-/m1/s1. The molecule has 0 heterocycles. The average molecular weight is 280 g/mol. The third-order valence-corrected chi connectivity index (χ3v) is 2.45. The van der Waals surface area contributed by atoms with E-state index in [-0.39, 0.29) is 6.04 Å². The van der Waals surface area contributed by atoms with Crippen molar-refractivity contribution >= 4 is 11.8 Å². The SMILES string of the molecule is COc1ccc(N[C@H](C)CNC(=O)OC(C)(C)C)cc1. The van der Waals surface area contributed by atoms with Crippen LogP contribution in [0.3, 0.4) is 0 Å². The van der Waals surface area contributed by atoms with Crippen molar-refractivity contribution < 1.29 is 14.3 Å². The summed E-state index contributed by atoms with van der Waals surface area (Å²) in [4.78, 5) is 11.5. The van der Waals surface area contributed by atoms with Gasteiger partial charge in [0, 0.05) is 18.3 Å². The molecule has 20 heavy (non-hydrogen) atoms. The summed E-state index contributed by atoms with van der Waals surface area (Å²) in [6.45, 7) is 7.99. The summed E-state index contributed by atoms with van der Waals surface area (Å²) in [5, 5.41) is 6.02. The molecular weight excluding hydrogens is 256 g/mol. The maximum atomic E-state index is 11.5. The van der Waals surface area contributed by atoms with Crippen LogP contribution in [0, 0.1) is 0 Å². The van der Waals surface area contributed by atoms with Crippen molar-refractivity contribution in [1.82, 2.24) is 5.32 Å². The van der Waals surface area contributed by atoms with Crippen molar-refractivity contribution in [1.29, 1.82) is 0 Å². The van der Waals surface area contributed by atoms with Gasteiger partial charge >= 0.3 is 6.09 Å². The Morgan fingerprint density at radius 1 is 1.25 bits per heavy atom. The quantitative estimate of drug-likeness (QED) is 0.870. The predicted molar refractivity (Wildman–Crippen MR) is 80.3 cm³/mol. The number of alkyl carbamates (subject to hydrolysis) is 1. The molecule has 0 unspecified atom stereocenters. The Hall–Kier alpha value is -1.91. The number of methoxy groups -OCH3 is 1. The fourth-order valence-corrected chi connectivity index (χ4v) is 1.57. The van der Waals surface area contributed by atoms with E-state index in [0.717, 1.165) is 11.4 Å². The molecule has 0 aromatic heterocycles. The largest absolute Gasteiger partial charge is 0.497 e. The third kappa shape index (κ3) is 6.31. The van der Waals surface area contributed by atoms with Gasteiger partial charge < -0.3 is 20.1 Å². The zero-order valence-electron chi connectivity index (χ0n) is 12.8. The van der Waals surface area contributed by atoms with Crippen molar-refractivity contribution in [3.05, 3.63) is 24.3 Å². The van der Waals surface area contributed by atoms with Gasteiger partial charge in [-0.2, -0.15) is 0 Å². The highest BCUT2D eigenvalue weighted by atomic mass is 16.6. The number of hydrogen-bond donors (Lipinski definition) is 2. The molecule has 1 rings (SSSR count). The minimum atomic E-state index is -0.475. The molecule has 0 fully saturated rings. The van der Waals surface area contributed by atoms with E-state index in [1.54, 1.807) is 7.11 Å². The Kier molecular flexibility index (Phi) is 5.67. The second-order valence-electron chi connectivity index (χ2n) is 5.66. The number of carbonyl (C=O) groups is 1. The Bertz CT molecular complexity index is 424. The molecule has 1 aromatic rings. The summed E-state index contributed by atoms with van der Waals surface area (Å²) in [6.07, 6.45) is -0.402. The van der Waals surface area contributed by atoms with Crippen molar-refractivity contribution in [3.63, 3.8) is 0 Å². The van der Waals surface area contributed by atoms with E-state index in [2.05, 4.69) is 10.6 Å². The van der Waals surface area contributed by atoms with Crippen molar-refractivity contribution in [2.75, 3.05) is 19.0 Å². The van der Waals surface area contributed by atoms with Gasteiger partial charge in [0.2, 0.25) is 0 Å². The molecule has 5 heteroatoms. The van der Waals surface area contributed by atoms with Gasteiger partial charge in [0.1, 0.15) is 11.4 Å². The molecule has 0 radical (unpaired) electrons. The first-order valence-electron chi connectivity index (χ1n) is 6.67. The number of hydrogen-bond acceptors (Lipinski definition) is 4. The molecule has 0 aliphatic heterocycles. The molecule has 1 atom stereocenters. The molecule has 1 amide bonds. The molecule has 0 spiro atoms. The Morgan fingerprint density at radius 2 is 1.85 bits per heavy atom. The van der Waals surface area contributed by atoms with Gasteiger partial charge in [-0.3, -0.25) is 0 Å². The molecule has 5 nitrogen and oxygen atoms in total. The summed E-state index contributed by atoms with van der Waals surface area (Å²) < 4.78 is 10.3. The number of nitrogens with one attached hydrogen (secondary N) is 2. The van der Waals surface area contributed by atoms with E-state index in [1.807, 2.05) is 52.0 Å². The summed E-state index contributed by atoms with van der Waals surface area (Å²) in [6, 6.07) is 7.73. The maximum Gasteiger partial charge on any atom is 0.407 e. The lowest BCUT2D eigenvalue weighted by atomic mass is 10.2. The van der Waals surface area contributed by atoms with E-state index in [4.69, 9.17) is 9.47 Å². The highest BCUT2D eigenvalue weighted by Gasteiger charge is 2.16. The summed E-state index contributed by atoms with van der Waals surface area (Å²) in [5.74, 6) is 0.815. The van der Waals surface area contributed by atoms with Crippen LogP contribution in [0.25, 0.3) is 0 Å². The van der Waals surface area contributed by atoms with Gasteiger partial charge in [-0.1, -0.05) is 0 Å². The molecule has 0 aliphatic rings. The van der Waals surface area contributed by atoms with E-state index in [9.17, 15) is 4.79 Å². The number of anilines is 1. The Balaban J connectivity index is 2.36. The fourth-order valence-electron chi connectivity index (χ4n) is 1.57. The number of amides is 1. The molecule has 2 N–H and O–H groups in total. The molecule has 0 saturated carbocycles. The number of ether oxygens (including phenoxy) is 2. The van der Waals surface area contributed by atoms with Crippen LogP contribution in [0.1, 0.15) is 27.7 Å². The zero-order chi connectivity index (χ0) is 15.2. The van der Waals surface area contributed by atoms with Crippen molar-refractivity contribution in [2.24, 2.45) is 0 Å². The van der Waals surface area contributed by atoms with Crippen LogP contribution < -0.4 is 15.4 Å². The van der Waals surface area contributed by atoms with Crippen LogP contribution in [-0.4, -0.2) is 31.4 Å². The van der Waals surface area contributed by atoms with Gasteiger partial charge in [-0.15, -0.1) is 0 Å². The van der Waals surface area contributed by atoms with Crippen LogP contribution in [0.4, 0.5) is 10.5 Å². The highest BCUT2D eigenvalue weighted by molar-refractivity contribution is 5.67. The molecule has 1 aromatic carbocycles. The van der Waals surface area contributed by atoms with Crippen LogP contribution in [0.15, 0.2) is 24.3 Å². The Labute approximate surface area is 120 Å². The van der Waals surface area contributed by atoms with Crippen LogP contribution in [0.2, 0.25) is 0 Å². The van der Waals surface area contributed by atoms with Gasteiger partial charge in [0.25, 0.3) is 0 Å². The van der Waals surface area contributed by atoms with Gasteiger partial charge in [0.15, 0.2) is 0 Å². The minimum absolute atomic E-state index is 0.0934. The second kappa shape index (κ2) is 7.03. The molecule has 112 valence electrons. The topological polar surface area (TPSA) is 59.6 Å². The minimum Gasteiger partial charge on any atom is -0.497 e. The fraction of sp³-hybridized carbons (Fsp3) is 0.533. The van der Waals surface area contributed by atoms with E-state index < -0.39 is 11.7 Å². The lowest BCUT2D eigenvalue weighted by Gasteiger charge is -2.21. The summed E-state index contributed by atoms with van der Waals surface area (Å²) >= 11 is 0. The van der Waals surface area contributed by atoms with Crippen LogP contribution in [-0.2, 0) is 4.74 Å². The van der Waals surface area contributed by atoms with E-state index >= 15 is 0 Å². The summed E-state index contributed by atoms with van der Waals surface area (Å²) in [7, 11) is 1.63. The van der Waals surface area contributed by atoms with E-state index in [0.29, 0.717) is 6.54 Å². The van der Waals surface area contributed by atoms with Crippen molar-refractivity contribution in [2.45, 2.75) is 39.3 Å². The second-order valence-corrected chi connectivity index (χ2v) is 5.66. The smallest absolute Gasteiger partial charge is 0.407 e. The third-order valence-electron chi connectivity index (χ3n) is 2.45. The highest BCUT2D eigenvalue weighted by Crippen LogP contribution is 2.15. The van der Waals surface area contributed by atoms with Gasteiger partial charge in [0.05, 0.1) is 7.11 Å². The average Bonchev–Trinajstić information content (AvgIpc) is 2.35. The maximum absolute atomic E-state index is 11.5. The lowest BCUT2D eigenvalue weighted by molar-refractivity contribution is 0.0526. The molecule has 0 aliphatic carbocycles. The molecular formula is C15H24N2O3. The first kappa shape index (κ1) is 16.1. The lowest BCUT2D eigenvalue weighted by Crippen LogP contribution is -2.38. The first-order valence-corrected chi connectivity index (χ1v) is 6.67. The van der Waals surface area contributed by atoms with E-state index in [1.165, 1.54) is 0 Å². The summed E-state index contributed by atoms with van der Waals surface area (Å²) in [5.41, 5.74) is 0.501. The monoisotopic (exact) mass is 280 g/mol. The normalized spacial score (nSPS) is 12.4. The first-order chi connectivity index (χ1) is 9.30. The predicted octanol–water partition coefficient (Wildman–Crippen LogP) is 3.02. The van der Waals surface area contributed by atoms with Crippen LogP contribution in [0.5, 0.6) is 5.75 Å². The number of carbonyl (C=O) groups excluding carboxylic acids is 1. The molecule has 0 bridgehead atoms. The van der Waals surface area contributed by atoms with Crippen molar-refractivity contribution in [3.8, 4) is 5.75 Å². The number of rotatable bonds is 5. The zero-order valence-corrected chi connectivity index (χ0v) is 12.8. The Morgan fingerprint density at radius 3 is 2.35 bits per heavy atom. The molecule has 0 saturated heterocycles. The van der Waals surface area contributed by atoms with Crippen LogP contribution >= 0.6 is 0 Å².